The summed E-state index contributed by atoms with van der Waals surface area (Å²) in [5.41, 5.74) is 1.83. The number of phenolic OH excluding ortho intramolecular Hbond substituents is 2. The van der Waals surface area contributed by atoms with E-state index in [1.54, 1.807) is 31.4 Å². The van der Waals surface area contributed by atoms with Crippen molar-refractivity contribution in [2.75, 3.05) is 7.11 Å². The first kappa shape index (κ1) is 26.1. The maximum atomic E-state index is 9.65. The summed E-state index contributed by atoms with van der Waals surface area (Å²) >= 11 is 0. The second-order valence-corrected chi connectivity index (χ2v) is 10.8. The van der Waals surface area contributed by atoms with Gasteiger partial charge in [-0.1, -0.05) is 60.7 Å². The molecule has 2 N–H and O–H groups in total. The third kappa shape index (κ3) is 6.48. The summed E-state index contributed by atoms with van der Waals surface area (Å²) < 4.78 is 18.4. The lowest BCUT2D eigenvalue weighted by atomic mass is 10.2. The van der Waals surface area contributed by atoms with Crippen LogP contribution in [0.25, 0.3) is 0 Å². The minimum absolute atomic E-state index is 0.206. The minimum atomic E-state index is -0.429. The van der Waals surface area contributed by atoms with Crippen LogP contribution in [-0.4, -0.2) is 17.3 Å². The Morgan fingerprint density at radius 2 is 0.949 bits per heavy atom. The van der Waals surface area contributed by atoms with E-state index in [1.165, 1.54) is 9.79 Å². The molecule has 0 unspecified atom stereocenters. The first-order valence-corrected chi connectivity index (χ1v) is 13.7. The van der Waals surface area contributed by atoms with Gasteiger partial charge in [0.15, 0.2) is 26.2 Å². The van der Waals surface area contributed by atoms with Gasteiger partial charge in [-0.05, 0) is 59.7 Å². The lowest BCUT2D eigenvalue weighted by Gasteiger charge is -2.17. The number of ether oxygens (including phenoxy) is 3. The Morgan fingerprint density at radius 1 is 0.538 bits per heavy atom. The molecule has 0 amide bonds. The molecule has 0 aromatic heterocycles. The first-order valence-electron chi connectivity index (χ1n) is 12.5. The summed E-state index contributed by atoms with van der Waals surface area (Å²) in [7, 11) is 1.17. The number of benzene rings is 5. The molecule has 0 atom stereocenters. The first-order chi connectivity index (χ1) is 19.1. The highest BCUT2D eigenvalue weighted by Crippen LogP contribution is 2.44. The molecule has 0 spiro atoms. The van der Waals surface area contributed by atoms with Crippen LogP contribution in [0.4, 0.5) is 0 Å². The highest BCUT2D eigenvalue weighted by Gasteiger charge is 2.31. The Balaban J connectivity index is 1.57. The molecule has 39 heavy (non-hydrogen) atoms. The largest absolute Gasteiger partial charge is 0.508 e. The molecule has 5 rings (SSSR count). The molecule has 0 saturated heterocycles. The number of methoxy groups -OCH3 is 1. The molecule has 0 heterocycles. The monoisotopic (exact) mass is 537 g/mol. The zero-order chi connectivity index (χ0) is 27.0. The van der Waals surface area contributed by atoms with E-state index >= 15 is 0 Å². The van der Waals surface area contributed by atoms with Gasteiger partial charge in [0.2, 0.25) is 5.75 Å². The van der Waals surface area contributed by atoms with Crippen molar-refractivity contribution in [3.63, 3.8) is 0 Å². The molecule has 0 fully saturated rings. The third-order valence-electron chi connectivity index (χ3n) is 6.05. The molecule has 0 radical (unpaired) electrons. The Bertz CT molecular complexity index is 1380. The van der Waals surface area contributed by atoms with Gasteiger partial charge in [0.05, 0.1) is 18.0 Å². The summed E-state index contributed by atoms with van der Waals surface area (Å²) in [6, 6.07) is 38.7. The van der Waals surface area contributed by atoms with Crippen LogP contribution in [0.3, 0.4) is 0 Å². The Hall–Kier alpha value is -4.55. The molecule has 0 saturated carbocycles. The molecule has 196 valence electrons. The summed E-state index contributed by atoms with van der Waals surface area (Å²) in [5, 5.41) is 19.3. The van der Waals surface area contributed by atoms with Crippen LogP contribution in [0, 0.1) is 0 Å². The maximum absolute atomic E-state index is 9.65. The molecule has 6 heteroatoms. The van der Waals surface area contributed by atoms with Gasteiger partial charge in [-0.25, -0.2) is 0 Å². The lowest BCUT2D eigenvalue weighted by molar-refractivity contribution is 0.256. The van der Waals surface area contributed by atoms with E-state index in [0.717, 1.165) is 16.0 Å². The number of hydrogen-bond acceptors (Lipinski definition) is 5. The van der Waals surface area contributed by atoms with E-state index in [9.17, 15) is 10.2 Å². The van der Waals surface area contributed by atoms with Crippen molar-refractivity contribution in [3.05, 3.63) is 132 Å². The predicted molar refractivity (Wildman–Crippen MR) is 153 cm³/mol. The van der Waals surface area contributed by atoms with E-state index in [0.29, 0.717) is 30.5 Å². The van der Waals surface area contributed by atoms with Crippen molar-refractivity contribution in [2.24, 2.45) is 0 Å². The van der Waals surface area contributed by atoms with E-state index in [4.69, 9.17) is 14.2 Å². The van der Waals surface area contributed by atoms with Gasteiger partial charge in [-0.15, -0.1) is 0 Å². The Labute approximate surface area is 231 Å². The third-order valence-corrected chi connectivity index (χ3v) is 8.25. The maximum Gasteiger partial charge on any atom is 0.203 e. The van der Waals surface area contributed by atoms with Crippen molar-refractivity contribution in [3.8, 4) is 28.7 Å². The average Bonchev–Trinajstić information content (AvgIpc) is 2.98. The van der Waals surface area contributed by atoms with Crippen LogP contribution in [0.1, 0.15) is 11.1 Å². The Kier molecular flexibility index (Phi) is 8.24. The van der Waals surface area contributed by atoms with Crippen LogP contribution in [-0.2, 0) is 24.1 Å². The second-order valence-electron chi connectivity index (χ2n) is 8.80. The fraction of sp³-hybridized carbons (Fsp3) is 0.0909. The molecular formula is C33H29O5S+. The van der Waals surface area contributed by atoms with Gasteiger partial charge in [0, 0.05) is 12.1 Å². The van der Waals surface area contributed by atoms with Gasteiger partial charge < -0.3 is 24.4 Å². The Morgan fingerprint density at radius 3 is 1.33 bits per heavy atom. The van der Waals surface area contributed by atoms with Gasteiger partial charge in [0.25, 0.3) is 0 Å². The van der Waals surface area contributed by atoms with E-state index in [-0.39, 0.29) is 11.5 Å². The van der Waals surface area contributed by atoms with Gasteiger partial charge in [-0.3, -0.25) is 0 Å². The van der Waals surface area contributed by atoms with Crippen LogP contribution in [0.5, 0.6) is 28.7 Å². The van der Waals surface area contributed by atoms with Gasteiger partial charge >= 0.3 is 0 Å². The van der Waals surface area contributed by atoms with Crippen molar-refractivity contribution in [2.45, 2.75) is 27.9 Å². The minimum Gasteiger partial charge on any atom is -0.508 e. The normalized spacial score (nSPS) is 10.8. The summed E-state index contributed by atoms with van der Waals surface area (Å²) in [6.45, 7) is 0.587. The lowest BCUT2D eigenvalue weighted by Crippen LogP contribution is -2.08. The predicted octanol–water partition coefficient (Wildman–Crippen LogP) is 7.36. The van der Waals surface area contributed by atoms with Crippen LogP contribution in [0.2, 0.25) is 0 Å². The topological polar surface area (TPSA) is 68.2 Å². The number of hydrogen-bond donors (Lipinski definition) is 2. The second kappa shape index (κ2) is 12.3. The van der Waals surface area contributed by atoms with Crippen LogP contribution in [0.15, 0.2) is 136 Å². The fourth-order valence-electron chi connectivity index (χ4n) is 4.11. The van der Waals surface area contributed by atoms with Gasteiger partial charge in [-0.2, -0.15) is 0 Å². The molecule has 5 aromatic rings. The SMILES string of the molecule is COc1c(OCc2ccc(O)cc2)cc([S+](c2ccccc2)c2ccccc2)cc1OCc1ccc(O)cc1. The van der Waals surface area contributed by atoms with Crippen molar-refractivity contribution < 1.29 is 24.4 Å². The summed E-state index contributed by atoms with van der Waals surface area (Å²) in [6.07, 6.45) is 0. The van der Waals surface area contributed by atoms with Gasteiger partial charge in [0.1, 0.15) is 24.7 Å². The summed E-state index contributed by atoms with van der Waals surface area (Å²) in [4.78, 5) is 3.36. The fourth-order valence-corrected chi connectivity index (χ4v) is 6.24. The molecule has 5 aromatic carbocycles. The summed E-state index contributed by atoms with van der Waals surface area (Å²) in [5.74, 6) is 2.04. The number of rotatable bonds is 10. The van der Waals surface area contributed by atoms with Crippen molar-refractivity contribution in [1.29, 1.82) is 0 Å². The highest BCUT2D eigenvalue weighted by atomic mass is 32.2. The number of aromatic hydroxyl groups is 2. The highest BCUT2D eigenvalue weighted by molar-refractivity contribution is 7.97. The van der Waals surface area contributed by atoms with Crippen molar-refractivity contribution >= 4 is 10.9 Å². The van der Waals surface area contributed by atoms with Crippen LogP contribution >= 0.6 is 0 Å². The van der Waals surface area contributed by atoms with E-state index in [2.05, 4.69) is 24.3 Å². The van der Waals surface area contributed by atoms with E-state index in [1.807, 2.05) is 72.8 Å². The molecular weight excluding hydrogens is 508 g/mol. The standard InChI is InChI=1S/C33H28O5S/c1-36-33-31(37-22-24-12-16-26(34)17-13-24)20-30(21-32(33)38-23-25-14-18-27(35)19-15-25)39(28-8-4-2-5-9-28)29-10-6-3-7-11-29/h2-21H,22-23H2,1H3,(H-,34,35)/p+1. The molecule has 5 nitrogen and oxygen atoms in total. The number of phenols is 2. The zero-order valence-electron chi connectivity index (χ0n) is 21.5. The molecule has 0 aliphatic carbocycles. The molecule has 0 aliphatic heterocycles. The quantitative estimate of drug-likeness (QED) is 0.182. The van der Waals surface area contributed by atoms with Crippen LogP contribution < -0.4 is 14.2 Å². The average molecular weight is 538 g/mol. The molecule has 0 bridgehead atoms. The molecule has 0 aliphatic rings. The smallest absolute Gasteiger partial charge is 0.203 e. The van der Waals surface area contributed by atoms with Crippen molar-refractivity contribution in [1.82, 2.24) is 0 Å². The van der Waals surface area contributed by atoms with E-state index < -0.39 is 10.9 Å². The zero-order valence-corrected chi connectivity index (χ0v) is 22.3.